The van der Waals surface area contributed by atoms with E-state index in [1.165, 1.54) is 0 Å². The van der Waals surface area contributed by atoms with Gasteiger partial charge in [-0.2, -0.15) is 5.10 Å². The number of H-pyrrole nitrogens is 1. The number of nitrogens with two attached hydrogens (primary N) is 1. The average molecular weight is 288 g/mol. The second-order valence-corrected chi connectivity index (χ2v) is 4.12. The average Bonchev–Trinajstić information content (AvgIpc) is 2.60. The van der Waals surface area contributed by atoms with E-state index in [2.05, 4.69) is 26.1 Å². The molecular weight excluding hydrogens is 280 g/mol. The van der Waals surface area contributed by atoms with E-state index in [0.717, 1.165) is 4.47 Å². The summed E-state index contributed by atoms with van der Waals surface area (Å²) < 4.78 is 26.2. The van der Waals surface area contributed by atoms with Gasteiger partial charge in [0, 0.05) is 4.47 Å². The van der Waals surface area contributed by atoms with Gasteiger partial charge in [-0.3, -0.25) is 5.10 Å². The van der Waals surface area contributed by atoms with Crippen molar-refractivity contribution < 1.29 is 8.78 Å². The van der Waals surface area contributed by atoms with Crippen LogP contribution < -0.4 is 5.73 Å². The van der Waals surface area contributed by atoms with Gasteiger partial charge in [0.25, 0.3) is 6.43 Å². The van der Waals surface area contributed by atoms with Crippen molar-refractivity contribution in [3.63, 3.8) is 0 Å². The lowest BCUT2D eigenvalue weighted by Crippen LogP contribution is -1.91. The van der Waals surface area contributed by atoms with Crippen molar-refractivity contribution in [2.45, 2.75) is 6.43 Å². The molecular formula is C10H8BrF2N3. The van der Waals surface area contributed by atoms with E-state index in [1.54, 1.807) is 18.2 Å². The molecule has 3 nitrogen and oxygen atoms in total. The van der Waals surface area contributed by atoms with Gasteiger partial charge < -0.3 is 5.73 Å². The van der Waals surface area contributed by atoms with Crippen LogP contribution in [0, 0.1) is 0 Å². The number of aromatic nitrogens is 2. The summed E-state index contributed by atoms with van der Waals surface area (Å²) in [5.41, 5.74) is 6.18. The number of aromatic amines is 1. The van der Waals surface area contributed by atoms with Crippen LogP contribution >= 0.6 is 15.9 Å². The molecule has 6 heteroatoms. The third-order valence-electron chi connectivity index (χ3n) is 2.15. The molecule has 2 aromatic rings. The van der Waals surface area contributed by atoms with E-state index in [0.29, 0.717) is 5.56 Å². The maximum atomic E-state index is 12.7. The van der Waals surface area contributed by atoms with E-state index in [1.807, 2.05) is 6.07 Å². The number of anilines is 1. The SMILES string of the molecule is Nc1n[nH]c(C(F)F)c1-c1cccc(Br)c1. The molecule has 0 aliphatic heterocycles. The summed E-state index contributed by atoms with van der Waals surface area (Å²) in [5.74, 6) is 0.0772. The lowest BCUT2D eigenvalue weighted by Gasteiger charge is -2.03. The normalized spacial score (nSPS) is 11.0. The molecule has 3 N–H and O–H groups in total. The predicted molar refractivity (Wildman–Crippen MR) is 61.1 cm³/mol. The number of benzene rings is 1. The number of rotatable bonds is 2. The lowest BCUT2D eigenvalue weighted by molar-refractivity contribution is 0.146. The van der Waals surface area contributed by atoms with Gasteiger partial charge in [-0.05, 0) is 17.7 Å². The zero-order valence-electron chi connectivity index (χ0n) is 8.05. The van der Waals surface area contributed by atoms with E-state index in [-0.39, 0.29) is 17.1 Å². The summed E-state index contributed by atoms with van der Waals surface area (Å²) in [6.45, 7) is 0. The summed E-state index contributed by atoms with van der Waals surface area (Å²) in [4.78, 5) is 0. The standard InChI is InChI=1S/C10H8BrF2N3/c11-6-3-1-2-5(4-6)7-8(9(12)13)15-16-10(7)14/h1-4,9H,(H3,14,15,16). The first-order chi connectivity index (χ1) is 7.59. The van der Waals surface area contributed by atoms with Crippen molar-refractivity contribution in [2.24, 2.45) is 0 Å². The Bertz CT molecular complexity index is 511. The molecule has 1 aromatic carbocycles. The highest BCUT2D eigenvalue weighted by Crippen LogP contribution is 2.34. The second-order valence-electron chi connectivity index (χ2n) is 3.21. The third kappa shape index (κ3) is 1.92. The number of nitrogen functional groups attached to an aromatic ring is 1. The first-order valence-corrected chi connectivity index (χ1v) is 5.26. The molecule has 0 radical (unpaired) electrons. The molecule has 0 unspecified atom stereocenters. The molecule has 1 heterocycles. The number of nitrogens with one attached hydrogen (secondary N) is 1. The fourth-order valence-electron chi connectivity index (χ4n) is 1.48. The van der Waals surface area contributed by atoms with Crippen molar-refractivity contribution in [3.8, 4) is 11.1 Å². The van der Waals surface area contributed by atoms with Crippen LogP contribution in [0.5, 0.6) is 0 Å². The van der Waals surface area contributed by atoms with Crippen LogP contribution in [-0.2, 0) is 0 Å². The van der Waals surface area contributed by atoms with Crippen LogP contribution in [0.3, 0.4) is 0 Å². The van der Waals surface area contributed by atoms with Gasteiger partial charge in [-0.15, -0.1) is 0 Å². The Morgan fingerprint density at radius 2 is 2.12 bits per heavy atom. The minimum absolute atomic E-state index is 0.0772. The molecule has 84 valence electrons. The van der Waals surface area contributed by atoms with Crippen LogP contribution in [-0.4, -0.2) is 10.2 Å². The second kappa shape index (κ2) is 4.21. The number of hydrogen-bond donors (Lipinski definition) is 2. The van der Waals surface area contributed by atoms with E-state index in [9.17, 15) is 8.78 Å². The highest BCUT2D eigenvalue weighted by atomic mass is 79.9. The largest absolute Gasteiger partial charge is 0.382 e. The minimum atomic E-state index is -2.63. The molecule has 0 spiro atoms. The van der Waals surface area contributed by atoms with Gasteiger partial charge in [0.1, 0.15) is 5.69 Å². The van der Waals surface area contributed by atoms with Gasteiger partial charge in [-0.25, -0.2) is 8.78 Å². The van der Waals surface area contributed by atoms with Crippen LogP contribution in [0.25, 0.3) is 11.1 Å². The Kier molecular flexibility index (Phi) is 2.91. The smallest absolute Gasteiger partial charge is 0.280 e. The van der Waals surface area contributed by atoms with Crippen LogP contribution in [0.15, 0.2) is 28.7 Å². The molecule has 2 rings (SSSR count). The first-order valence-electron chi connectivity index (χ1n) is 4.47. The summed E-state index contributed by atoms with van der Waals surface area (Å²) in [7, 11) is 0. The van der Waals surface area contributed by atoms with E-state index >= 15 is 0 Å². The zero-order valence-corrected chi connectivity index (χ0v) is 9.63. The monoisotopic (exact) mass is 287 g/mol. The van der Waals surface area contributed by atoms with Gasteiger partial charge in [0.2, 0.25) is 0 Å². The molecule has 0 saturated heterocycles. The molecule has 0 amide bonds. The summed E-state index contributed by atoms with van der Waals surface area (Å²) in [6, 6.07) is 6.98. The summed E-state index contributed by atoms with van der Waals surface area (Å²) >= 11 is 3.27. The van der Waals surface area contributed by atoms with Crippen molar-refractivity contribution in [2.75, 3.05) is 5.73 Å². The van der Waals surface area contributed by atoms with E-state index in [4.69, 9.17) is 5.73 Å². The van der Waals surface area contributed by atoms with Gasteiger partial charge >= 0.3 is 0 Å². The van der Waals surface area contributed by atoms with Crippen molar-refractivity contribution in [1.29, 1.82) is 0 Å². The van der Waals surface area contributed by atoms with Crippen LogP contribution in [0.2, 0.25) is 0 Å². The Hall–Kier alpha value is -1.43. The highest BCUT2D eigenvalue weighted by molar-refractivity contribution is 9.10. The molecule has 0 aliphatic carbocycles. The molecule has 0 aliphatic rings. The number of alkyl halides is 2. The van der Waals surface area contributed by atoms with E-state index < -0.39 is 6.43 Å². The van der Waals surface area contributed by atoms with Crippen molar-refractivity contribution in [3.05, 3.63) is 34.4 Å². The quantitative estimate of drug-likeness (QED) is 0.890. The Morgan fingerprint density at radius 1 is 1.38 bits per heavy atom. The van der Waals surface area contributed by atoms with Gasteiger partial charge in [0.15, 0.2) is 5.82 Å². The topological polar surface area (TPSA) is 54.7 Å². The fourth-order valence-corrected chi connectivity index (χ4v) is 1.87. The molecule has 0 atom stereocenters. The molecule has 0 saturated carbocycles. The Morgan fingerprint density at radius 3 is 2.75 bits per heavy atom. The van der Waals surface area contributed by atoms with Crippen molar-refractivity contribution in [1.82, 2.24) is 10.2 Å². The predicted octanol–water partition coefficient (Wildman–Crippen LogP) is 3.36. The highest BCUT2D eigenvalue weighted by Gasteiger charge is 2.20. The van der Waals surface area contributed by atoms with Crippen molar-refractivity contribution >= 4 is 21.7 Å². The van der Waals surface area contributed by atoms with Gasteiger partial charge in [0.05, 0.1) is 5.56 Å². The number of nitrogens with zero attached hydrogens (tertiary/aromatic N) is 1. The lowest BCUT2D eigenvalue weighted by atomic mass is 10.1. The van der Waals surface area contributed by atoms with Crippen LogP contribution in [0.1, 0.15) is 12.1 Å². The summed E-state index contributed by atoms with van der Waals surface area (Å²) in [5, 5.41) is 5.85. The molecule has 16 heavy (non-hydrogen) atoms. The molecule has 1 aromatic heterocycles. The molecule has 0 fully saturated rings. The first kappa shape index (κ1) is 11.1. The third-order valence-corrected chi connectivity index (χ3v) is 2.65. The van der Waals surface area contributed by atoms with Gasteiger partial charge in [-0.1, -0.05) is 28.1 Å². The Balaban J connectivity index is 2.59. The van der Waals surface area contributed by atoms with Crippen LogP contribution in [0.4, 0.5) is 14.6 Å². The fraction of sp³-hybridized carbons (Fsp3) is 0.100. The molecule has 0 bridgehead atoms. The maximum absolute atomic E-state index is 12.7. The number of halogens is 3. The number of hydrogen-bond acceptors (Lipinski definition) is 2. The zero-order chi connectivity index (χ0) is 11.7. The minimum Gasteiger partial charge on any atom is -0.382 e. The maximum Gasteiger partial charge on any atom is 0.280 e. The summed E-state index contributed by atoms with van der Waals surface area (Å²) in [6.07, 6.45) is -2.63. The Labute approximate surface area is 98.8 Å².